The summed E-state index contributed by atoms with van der Waals surface area (Å²) in [6.45, 7) is 11.9. The molecule has 1 fully saturated rings. The molecule has 2 nitrogen and oxygen atoms in total. The van der Waals surface area contributed by atoms with E-state index in [-0.39, 0.29) is 18.3 Å². The monoisotopic (exact) mass is 264 g/mol. The minimum Gasteiger partial charge on any atom is -0.399 e. The molecule has 0 atom stereocenters. The van der Waals surface area contributed by atoms with Gasteiger partial charge in [-0.25, -0.2) is 0 Å². The van der Waals surface area contributed by atoms with Gasteiger partial charge in [0.15, 0.2) is 0 Å². The van der Waals surface area contributed by atoms with E-state index in [2.05, 4.69) is 6.58 Å². The van der Waals surface area contributed by atoms with E-state index in [1.807, 2.05) is 52.0 Å². The van der Waals surface area contributed by atoms with Crippen LogP contribution in [0.15, 0.2) is 30.8 Å². The van der Waals surface area contributed by atoms with Crippen molar-refractivity contribution < 1.29 is 9.31 Å². The predicted molar refractivity (Wildman–Crippen MR) is 77.0 cm³/mol. The molecule has 1 saturated heterocycles. The van der Waals surface area contributed by atoms with E-state index < -0.39 is 0 Å². The molecule has 0 aliphatic carbocycles. The van der Waals surface area contributed by atoms with Gasteiger partial charge in [-0.15, -0.1) is 0 Å². The SMILES string of the molecule is C=C(Cl)c1cccc(B2OC(C)(C)C(C)(C)O2)c1. The molecule has 0 bridgehead atoms. The molecule has 18 heavy (non-hydrogen) atoms. The van der Waals surface area contributed by atoms with Crippen LogP contribution >= 0.6 is 11.6 Å². The molecule has 1 aromatic rings. The van der Waals surface area contributed by atoms with Crippen LogP contribution in [0.25, 0.3) is 5.03 Å². The van der Waals surface area contributed by atoms with E-state index in [0.717, 1.165) is 11.0 Å². The Kier molecular flexibility index (Phi) is 3.35. The van der Waals surface area contributed by atoms with E-state index >= 15 is 0 Å². The van der Waals surface area contributed by atoms with Gasteiger partial charge in [0.2, 0.25) is 0 Å². The molecule has 0 N–H and O–H groups in total. The van der Waals surface area contributed by atoms with E-state index in [0.29, 0.717) is 5.03 Å². The largest absolute Gasteiger partial charge is 0.494 e. The normalized spacial score (nSPS) is 21.1. The molecule has 1 aliphatic heterocycles. The molecule has 2 rings (SSSR count). The second kappa shape index (κ2) is 4.41. The van der Waals surface area contributed by atoms with E-state index in [1.54, 1.807) is 0 Å². The first-order valence-corrected chi connectivity index (χ1v) is 6.41. The first kappa shape index (κ1) is 13.7. The number of benzene rings is 1. The molecular formula is C14H18BClO2. The Balaban J connectivity index is 2.30. The third-order valence-electron chi connectivity index (χ3n) is 3.73. The van der Waals surface area contributed by atoms with Crippen LogP contribution < -0.4 is 5.46 Å². The maximum atomic E-state index is 5.99. The summed E-state index contributed by atoms with van der Waals surface area (Å²) < 4.78 is 12.0. The van der Waals surface area contributed by atoms with Gasteiger partial charge in [0.25, 0.3) is 0 Å². The summed E-state index contributed by atoms with van der Waals surface area (Å²) in [7, 11) is -0.356. The average Bonchev–Trinajstić information content (AvgIpc) is 2.48. The lowest BCUT2D eigenvalue weighted by molar-refractivity contribution is 0.00578. The van der Waals surface area contributed by atoms with Crippen LogP contribution in [0.4, 0.5) is 0 Å². The van der Waals surface area contributed by atoms with Crippen LogP contribution in [0.2, 0.25) is 0 Å². The molecule has 1 aromatic carbocycles. The fraction of sp³-hybridized carbons (Fsp3) is 0.429. The lowest BCUT2D eigenvalue weighted by atomic mass is 9.78. The summed E-state index contributed by atoms with van der Waals surface area (Å²) in [5.74, 6) is 0. The Morgan fingerprint density at radius 1 is 1.17 bits per heavy atom. The highest BCUT2D eigenvalue weighted by molar-refractivity contribution is 6.62. The highest BCUT2D eigenvalue weighted by Gasteiger charge is 2.51. The van der Waals surface area contributed by atoms with Crippen LogP contribution in [0.1, 0.15) is 33.3 Å². The zero-order chi connectivity index (χ0) is 13.6. The Labute approximate surface area is 114 Å². The fourth-order valence-electron chi connectivity index (χ4n) is 1.83. The van der Waals surface area contributed by atoms with E-state index in [1.165, 1.54) is 0 Å². The van der Waals surface area contributed by atoms with Crippen LogP contribution in [-0.4, -0.2) is 18.3 Å². The Hall–Kier alpha value is -0.765. The zero-order valence-electron chi connectivity index (χ0n) is 11.3. The van der Waals surface area contributed by atoms with Gasteiger partial charge in [0.05, 0.1) is 11.2 Å². The molecule has 0 aromatic heterocycles. The standard InChI is InChI=1S/C14H18BClO2/c1-10(16)11-7-6-8-12(9-11)15-17-13(2,3)14(4,5)18-15/h6-9H,1H2,2-5H3. The van der Waals surface area contributed by atoms with Gasteiger partial charge >= 0.3 is 7.12 Å². The summed E-state index contributed by atoms with van der Waals surface area (Å²) in [4.78, 5) is 0. The molecule has 0 amide bonds. The Bertz CT molecular complexity index is 466. The fourth-order valence-corrected chi connectivity index (χ4v) is 1.95. The third kappa shape index (κ3) is 2.35. The molecule has 0 spiro atoms. The maximum absolute atomic E-state index is 5.99. The van der Waals surface area contributed by atoms with Crippen LogP contribution in [-0.2, 0) is 9.31 Å². The first-order valence-electron chi connectivity index (χ1n) is 6.03. The van der Waals surface area contributed by atoms with Crippen molar-refractivity contribution in [2.24, 2.45) is 0 Å². The summed E-state index contributed by atoms with van der Waals surface area (Å²) in [5.41, 5.74) is 1.20. The molecule has 4 heteroatoms. The van der Waals surface area contributed by atoms with Crippen LogP contribution in [0.5, 0.6) is 0 Å². The molecular weight excluding hydrogens is 246 g/mol. The highest BCUT2D eigenvalue weighted by Crippen LogP contribution is 2.36. The van der Waals surface area contributed by atoms with Crippen molar-refractivity contribution in [3.63, 3.8) is 0 Å². The van der Waals surface area contributed by atoms with Gasteiger partial charge in [-0.1, -0.05) is 42.4 Å². The molecule has 0 saturated carbocycles. The van der Waals surface area contributed by atoms with Crippen molar-refractivity contribution in [1.29, 1.82) is 0 Å². The summed E-state index contributed by atoms with van der Waals surface area (Å²) in [5, 5.41) is 0.522. The minimum absolute atomic E-state index is 0.328. The molecule has 0 unspecified atom stereocenters. The van der Waals surface area contributed by atoms with Gasteiger partial charge in [-0.2, -0.15) is 0 Å². The van der Waals surface area contributed by atoms with Gasteiger partial charge in [0.1, 0.15) is 0 Å². The summed E-state index contributed by atoms with van der Waals surface area (Å²) >= 11 is 5.92. The Morgan fingerprint density at radius 3 is 2.22 bits per heavy atom. The molecule has 1 heterocycles. The molecule has 0 radical (unpaired) electrons. The maximum Gasteiger partial charge on any atom is 0.494 e. The number of hydrogen-bond acceptors (Lipinski definition) is 2. The minimum atomic E-state index is -0.356. The lowest BCUT2D eigenvalue weighted by Gasteiger charge is -2.32. The van der Waals surface area contributed by atoms with Crippen molar-refractivity contribution in [2.45, 2.75) is 38.9 Å². The van der Waals surface area contributed by atoms with Crippen molar-refractivity contribution in [2.75, 3.05) is 0 Å². The number of rotatable bonds is 2. The summed E-state index contributed by atoms with van der Waals surface area (Å²) in [6.07, 6.45) is 0. The average molecular weight is 265 g/mol. The second-order valence-corrected chi connectivity index (χ2v) is 6.07. The quantitative estimate of drug-likeness (QED) is 0.764. The van der Waals surface area contributed by atoms with Gasteiger partial charge in [0, 0.05) is 5.03 Å². The molecule has 96 valence electrons. The number of hydrogen-bond donors (Lipinski definition) is 0. The lowest BCUT2D eigenvalue weighted by Crippen LogP contribution is -2.41. The molecule has 1 aliphatic rings. The zero-order valence-corrected chi connectivity index (χ0v) is 12.0. The summed E-state index contributed by atoms with van der Waals surface area (Å²) in [6, 6.07) is 7.79. The number of halogens is 1. The van der Waals surface area contributed by atoms with Gasteiger partial charge < -0.3 is 9.31 Å². The van der Waals surface area contributed by atoms with Crippen molar-refractivity contribution in [3.05, 3.63) is 36.4 Å². The van der Waals surface area contributed by atoms with Crippen molar-refractivity contribution in [1.82, 2.24) is 0 Å². The van der Waals surface area contributed by atoms with Gasteiger partial charge in [-0.3, -0.25) is 0 Å². The highest BCUT2D eigenvalue weighted by atomic mass is 35.5. The van der Waals surface area contributed by atoms with E-state index in [4.69, 9.17) is 20.9 Å². The van der Waals surface area contributed by atoms with Gasteiger partial charge in [-0.05, 0) is 38.7 Å². The Morgan fingerprint density at radius 2 is 1.72 bits per heavy atom. The predicted octanol–water partition coefficient (Wildman–Crippen LogP) is 3.20. The second-order valence-electron chi connectivity index (χ2n) is 5.62. The van der Waals surface area contributed by atoms with Crippen LogP contribution in [0, 0.1) is 0 Å². The first-order chi connectivity index (χ1) is 8.23. The third-order valence-corrected chi connectivity index (χ3v) is 3.94. The van der Waals surface area contributed by atoms with Crippen LogP contribution in [0.3, 0.4) is 0 Å². The topological polar surface area (TPSA) is 18.5 Å². The van der Waals surface area contributed by atoms with Crippen molar-refractivity contribution >= 4 is 29.2 Å². The smallest absolute Gasteiger partial charge is 0.399 e. The van der Waals surface area contributed by atoms with E-state index in [9.17, 15) is 0 Å². The van der Waals surface area contributed by atoms with Crippen molar-refractivity contribution in [3.8, 4) is 0 Å².